The number of carbonyl (C=O) groups excluding carboxylic acids is 1. The first-order valence-corrected chi connectivity index (χ1v) is 11.4. The minimum absolute atomic E-state index is 0.00403. The normalized spacial score (nSPS) is 14.9. The first-order valence-electron chi connectivity index (χ1n) is 11.1. The number of carbonyl (C=O) groups is 1. The molecule has 1 aliphatic heterocycles. The molecule has 0 radical (unpaired) electrons. The SMILES string of the molecule is O=C(Nc1ccc(Cl)c(C(F)(F)F)c1)N1CCC(C(c2ccc(F)cc2)c2ccc(F)cc2)CC1. The van der Waals surface area contributed by atoms with Crippen LogP contribution in [0.1, 0.15) is 35.4 Å². The zero-order chi connectivity index (χ0) is 25.2. The molecule has 184 valence electrons. The smallest absolute Gasteiger partial charge is 0.325 e. The molecule has 1 saturated heterocycles. The number of benzene rings is 3. The van der Waals surface area contributed by atoms with E-state index in [9.17, 15) is 26.7 Å². The highest BCUT2D eigenvalue weighted by Crippen LogP contribution is 2.39. The third-order valence-corrected chi connectivity index (χ3v) is 6.61. The molecule has 1 heterocycles. The third-order valence-electron chi connectivity index (χ3n) is 6.28. The molecule has 0 atom stereocenters. The highest BCUT2D eigenvalue weighted by atomic mass is 35.5. The van der Waals surface area contributed by atoms with Gasteiger partial charge in [-0.05, 0) is 72.4 Å². The fraction of sp³-hybridized carbons (Fsp3) is 0.269. The van der Waals surface area contributed by atoms with Crippen LogP contribution in [0.4, 0.5) is 32.4 Å². The van der Waals surface area contributed by atoms with Crippen molar-refractivity contribution in [1.82, 2.24) is 4.90 Å². The number of nitrogens with zero attached hydrogens (tertiary/aromatic N) is 1. The number of urea groups is 1. The standard InChI is InChI=1S/C26H22ClF5N2O/c27-23-10-9-21(15-22(23)26(30,31)32)33-25(35)34-13-11-18(12-14-34)24(16-1-5-19(28)6-2-16)17-3-7-20(29)8-4-17/h1-10,15,18,24H,11-14H2,(H,33,35). The number of nitrogens with one attached hydrogen (secondary N) is 1. The van der Waals surface area contributed by atoms with E-state index >= 15 is 0 Å². The van der Waals surface area contributed by atoms with Gasteiger partial charge in [-0.25, -0.2) is 13.6 Å². The second-order valence-electron chi connectivity index (χ2n) is 8.53. The average molecular weight is 509 g/mol. The molecular weight excluding hydrogens is 487 g/mol. The lowest BCUT2D eigenvalue weighted by Gasteiger charge is -2.36. The number of halogens is 6. The zero-order valence-corrected chi connectivity index (χ0v) is 19.2. The van der Waals surface area contributed by atoms with Gasteiger partial charge >= 0.3 is 12.2 Å². The molecule has 0 unspecified atom stereocenters. The van der Waals surface area contributed by atoms with Crippen molar-refractivity contribution in [3.63, 3.8) is 0 Å². The summed E-state index contributed by atoms with van der Waals surface area (Å²) in [7, 11) is 0. The fourth-order valence-corrected chi connectivity index (χ4v) is 4.76. The summed E-state index contributed by atoms with van der Waals surface area (Å²) >= 11 is 5.65. The summed E-state index contributed by atoms with van der Waals surface area (Å²) in [5, 5.41) is 2.08. The Morgan fingerprint density at radius 2 is 1.40 bits per heavy atom. The summed E-state index contributed by atoms with van der Waals surface area (Å²) < 4.78 is 66.4. The van der Waals surface area contributed by atoms with Crippen molar-refractivity contribution in [3.05, 3.63) is 100 Å². The Kier molecular flexibility index (Phi) is 7.31. The minimum atomic E-state index is -4.63. The van der Waals surface area contributed by atoms with E-state index in [1.807, 2.05) is 0 Å². The minimum Gasteiger partial charge on any atom is -0.325 e. The van der Waals surface area contributed by atoms with Crippen molar-refractivity contribution in [2.24, 2.45) is 5.92 Å². The molecule has 0 aromatic heterocycles. The van der Waals surface area contributed by atoms with E-state index in [0.29, 0.717) is 25.9 Å². The molecule has 0 bridgehead atoms. The molecule has 3 nitrogen and oxygen atoms in total. The number of hydrogen-bond acceptors (Lipinski definition) is 1. The topological polar surface area (TPSA) is 32.3 Å². The Balaban J connectivity index is 1.46. The van der Waals surface area contributed by atoms with Crippen LogP contribution >= 0.6 is 11.6 Å². The van der Waals surface area contributed by atoms with Crippen LogP contribution in [0.15, 0.2) is 66.7 Å². The van der Waals surface area contributed by atoms with Gasteiger partial charge in [0.05, 0.1) is 10.6 Å². The Morgan fingerprint density at radius 1 is 0.886 bits per heavy atom. The van der Waals surface area contributed by atoms with E-state index < -0.39 is 22.8 Å². The summed E-state index contributed by atoms with van der Waals surface area (Å²) in [5.74, 6) is -0.725. The van der Waals surface area contributed by atoms with Crippen LogP contribution in [-0.2, 0) is 6.18 Å². The first kappa shape index (κ1) is 25.0. The van der Waals surface area contributed by atoms with Gasteiger partial charge in [-0.1, -0.05) is 35.9 Å². The lowest BCUT2D eigenvalue weighted by Crippen LogP contribution is -2.42. The van der Waals surface area contributed by atoms with Gasteiger partial charge in [-0.15, -0.1) is 0 Å². The Morgan fingerprint density at radius 3 is 1.89 bits per heavy atom. The number of anilines is 1. The van der Waals surface area contributed by atoms with Crippen LogP contribution in [0, 0.1) is 17.6 Å². The van der Waals surface area contributed by atoms with Crippen LogP contribution in [0.5, 0.6) is 0 Å². The molecular formula is C26H22ClF5N2O. The molecule has 0 spiro atoms. The Labute approximate surface area is 204 Å². The lowest BCUT2D eigenvalue weighted by molar-refractivity contribution is -0.137. The quantitative estimate of drug-likeness (QED) is 0.360. The van der Waals surface area contributed by atoms with Crippen LogP contribution in [0.2, 0.25) is 5.02 Å². The maximum absolute atomic E-state index is 13.5. The van der Waals surface area contributed by atoms with Crippen LogP contribution in [0.3, 0.4) is 0 Å². The number of amides is 2. The van der Waals surface area contributed by atoms with Gasteiger partial charge in [0.25, 0.3) is 0 Å². The summed E-state index contributed by atoms with van der Waals surface area (Å²) in [6.45, 7) is 0.768. The van der Waals surface area contributed by atoms with Crippen molar-refractivity contribution >= 4 is 23.3 Å². The Bertz CT molecular complexity index is 1130. The van der Waals surface area contributed by atoms with Crippen LogP contribution in [-0.4, -0.2) is 24.0 Å². The molecule has 3 aromatic rings. The zero-order valence-electron chi connectivity index (χ0n) is 18.5. The van der Waals surface area contributed by atoms with Gasteiger partial charge < -0.3 is 10.2 Å². The van der Waals surface area contributed by atoms with Crippen molar-refractivity contribution in [2.45, 2.75) is 24.9 Å². The van der Waals surface area contributed by atoms with E-state index in [-0.39, 0.29) is 29.2 Å². The van der Waals surface area contributed by atoms with Gasteiger partial charge in [-0.2, -0.15) is 13.2 Å². The van der Waals surface area contributed by atoms with Gasteiger partial charge in [-0.3, -0.25) is 0 Å². The highest BCUT2D eigenvalue weighted by Gasteiger charge is 2.34. The van der Waals surface area contributed by atoms with Gasteiger partial charge in [0.15, 0.2) is 0 Å². The van der Waals surface area contributed by atoms with Gasteiger partial charge in [0, 0.05) is 24.7 Å². The van der Waals surface area contributed by atoms with Crippen molar-refractivity contribution in [3.8, 4) is 0 Å². The van der Waals surface area contributed by atoms with Crippen molar-refractivity contribution < 1.29 is 26.7 Å². The molecule has 1 N–H and O–H groups in total. The van der Waals surface area contributed by atoms with Gasteiger partial charge in [0.2, 0.25) is 0 Å². The number of piperidine rings is 1. The second-order valence-corrected chi connectivity index (χ2v) is 8.93. The molecule has 3 aromatic carbocycles. The third kappa shape index (κ3) is 5.93. The second kappa shape index (κ2) is 10.2. The number of hydrogen-bond donors (Lipinski definition) is 1. The van der Waals surface area contributed by atoms with E-state index in [4.69, 9.17) is 11.6 Å². The molecule has 4 rings (SSSR count). The Hall–Kier alpha value is -3.13. The molecule has 1 fully saturated rings. The predicted octanol–water partition coefficient (Wildman–Crippen LogP) is 7.71. The number of likely N-dealkylation sites (tertiary alicyclic amines) is 1. The fourth-order valence-electron chi connectivity index (χ4n) is 4.54. The number of alkyl halides is 3. The van der Waals surface area contributed by atoms with Gasteiger partial charge in [0.1, 0.15) is 11.6 Å². The summed E-state index contributed by atoms with van der Waals surface area (Å²) in [5.41, 5.74) is 0.768. The van der Waals surface area contributed by atoms with E-state index in [1.165, 1.54) is 30.3 Å². The molecule has 1 aliphatic rings. The predicted molar refractivity (Wildman–Crippen MR) is 124 cm³/mol. The summed E-state index contributed by atoms with van der Waals surface area (Å²) in [4.78, 5) is 14.3. The molecule has 35 heavy (non-hydrogen) atoms. The highest BCUT2D eigenvalue weighted by molar-refractivity contribution is 6.31. The van der Waals surface area contributed by atoms with Crippen molar-refractivity contribution in [1.29, 1.82) is 0 Å². The van der Waals surface area contributed by atoms with Crippen molar-refractivity contribution in [2.75, 3.05) is 18.4 Å². The molecule has 9 heteroatoms. The average Bonchev–Trinajstić information content (AvgIpc) is 2.82. The van der Waals surface area contributed by atoms with E-state index in [2.05, 4.69) is 5.32 Å². The van der Waals surface area contributed by atoms with Crippen LogP contribution in [0.25, 0.3) is 0 Å². The number of rotatable bonds is 4. The maximum Gasteiger partial charge on any atom is 0.417 e. The summed E-state index contributed by atoms with van der Waals surface area (Å²) in [6, 6.07) is 15.1. The molecule has 0 saturated carbocycles. The van der Waals surface area contributed by atoms with E-state index in [1.54, 1.807) is 29.2 Å². The molecule has 0 aliphatic carbocycles. The molecule has 2 amide bonds. The lowest BCUT2D eigenvalue weighted by atomic mass is 9.76. The maximum atomic E-state index is 13.5. The summed E-state index contributed by atoms with van der Waals surface area (Å²) in [6.07, 6.45) is -3.41. The largest absolute Gasteiger partial charge is 0.417 e. The van der Waals surface area contributed by atoms with E-state index in [0.717, 1.165) is 23.3 Å². The monoisotopic (exact) mass is 508 g/mol. The van der Waals surface area contributed by atoms with Crippen LogP contribution < -0.4 is 5.32 Å². The first-order chi connectivity index (χ1) is 16.6.